The fourth-order valence-corrected chi connectivity index (χ4v) is 6.14. The first-order valence-electron chi connectivity index (χ1n) is 15.2. The number of ether oxygens (including phenoxy) is 4. The average molecular weight is 575 g/mol. The Hall–Kier alpha value is -3.38. The van der Waals surface area contributed by atoms with E-state index in [1.54, 1.807) is 19.2 Å². The van der Waals surface area contributed by atoms with Crippen molar-refractivity contribution in [1.82, 2.24) is 0 Å². The molecule has 1 aliphatic heterocycles. The van der Waals surface area contributed by atoms with Gasteiger partial charge in [0.25, 0.3) is 0 Å². The summed E-state index contributed by atoms with van der Waals surface area (Å²) < 4.78 is 38.5. The van der Waals surface area contributed by atoms with Crippen molar-refractivity contribution < 1.29 is 28.1 Å². The SMILES string of the molecule is CCOC(=O)C[C@@H](CC1CC1)c1cccc(OCc2ccc(-c3cc(OC)ccc3F)c(C3OCCCC3(C)C)c2)c1. The molecule has 1 saturated heterocycles. The molecule has 5 rings (SSSR count). The molecule has 42 heavy (non-hydrogen) atoms. The largest absolute Gasteiger partial charge is 0.497 e. The van der Waals surface area contributed by atoms with Crippen LogP contribution in [0, 0.1) is 17.2 Å². The molecule has 3 aromatic rings. The molecule has 5 nitrogen and oxygen atoms in total. The quantitative estimate of drug-likeness (QED) is 0.202. The number of hydrogen-bond acceptors (Lipinski definition) is 5. The number of benzene rings is 3. The van der Waals surface area contributed by atoms with Gasteiger partial charge >= 0.3 is 5.97 Å². The lowest BCUT2D eigenvalue weighted by atomic mass is 9.75. The van der Waals surface area contributed by atoms with Crippen molar-refractivity contribution in [2.45, 2.75) is 77.9 Å². The van der Waals surface area contributed by atoms with Crippen molar-refractivity contribution >= 4 is 5.97 Å². The van der Waals surface area contributed by atoms with Crippen LogP contribution in [0.3, 0.4) is 0 Å². The third-order valence-corrected chi connectivity index (χ3v) is 8.59. The van der Waals surface area contributed by atoms with Gasteiger partial charge < -0.3 is 18.9 Å². The molecule has 224 valence electrons. The Morgan fingerprint density at radius 2 is 1.88 bits per heavy atom. The average Bonchev–Trinajstić information content (AvgIpc) is 3.80. The molecule has 1 saturated carbocycles. The molecule has 2 fully saturated rings. The van der Waals surface area contributed by atoms with Gasteiger partial charge in [0.2, 0.25) is 0 Å². The molecule has 0 bridgehead atoms. The third kappa shape index (κ3) is 7.33. The molecule has 0 radical (unpaired) electrons. The Labute approximate surface area is 249 Å². The Morgan fingerprint density at radius 3 is 2.62 bits per heavy atom. The summed E-state index contributed by atoms with van der Waals surface area (Å²) in [6.45, 7) is 7.70. The van der Waals surface area contributed by atoms with Gasteiger partial charge in [-0.05, 0) is 102 Å². The number of rotatable bonds is 12. The molecule has 3 aromatic carbocycles. The Balaban J connectivity index is 1.40. The second-order valence-electron chi connectivity index (χ2n) is 12.4. The van der Waals surface area contributed by atoms with Crippen LogP contribution in [0.1, 0.15) is 88.0 Å². The predicted octanol–water partition coefficient (Wildman–Crippen LogP) is 8.79. The van der Waals surface area contributed by atoms with E-state index in [1.807, 2.05) is 31.2 Å². The maximum Gasteiger partial charge on any atom is 0.306 e. The lowest BCUT2D eigenvalue weighted by molar-refractivity contribution is -0.143. The number of carbonyl (C=O) groups excluding carboxylic acids is 1. The standard InChI is InChI=1S/C36H43FO5/c1-5-40-34(38)21-27(18-24-10-11-24)26-8-6-9-29(20-26)42-23-25-12-14-30(31-22-28(39-4)13-15-33(31)37)32(19-25)35-36(2,3)16-7-17-41-35/h6,8-9,12-15,19-20,22,24,27,35H,5,7,10-11,16-18,21,23H2,1-4H3/t27-,35?/m1/s1. The smallest absolute Gasteiger partial charge is 0.306 e. The summed E-state index contributed by atoms with van der Waals surface area (Å²) in [6, 6.07) is 19.0. The second-order valence-corrected chi connectivity index (χ2v) is 12.4. The second kappa shape index (κ2) is 13.3. The highest BCUT2D eigenvalue weighted by molar-refractivity contribution is 5.71. The predicted molar refractivity (Wildman–Crippen MR) is 162 cm³/mol. The molecule has 1 heterocycles. The van der Waals surface area contributed by atoms with Crippen LogP contribution in [0.15, 0.2) is 60.7 Å². The van der Waals surface area contributed by atoms with Crippen molar-refractivity contribution in [2.24, 2.45) is 11.3 Å². The highest BCUT2D eigenvalue weighted by Crippen LogP contribution is 2.47. The van der Waals surface area contributed by atoms with Crippen molar-refractivity contribution in [2.75, 3.05) is 20.3 Å². The summed E-state index contributed by atoms with van der Waals surface area (Å²) >= 11 is 0. The molecule has 2 aliphatic rings. The van der Waals surface area contributed by atoms with Crippen LogP contribution in [0.4, 0.5) is 4.39 Å². The van der Waals surface area contributed by atoms with Gasteiger partial charge in [0.15, 0.2) is 0 Å². The number of halogens is 1. The Morgan fingerprint density at radius 1 is 1.05 bits per heavy atom. The van der Waals surface area contributed by atoms with Gasteiger partial charge in [-0.2, -0.15) is 0 Å². The zero-order chi connectivity index (χ0) is 29.7. The number of carbonyl (C=O) groups is 1. The summed E-state index contributed by atoms with van der Waals surface area (Å²) in [5.74, 6) is 1.73. The first kappa shape index (κ1) is 30.1. The zero-order valence-electron chi connectivity index (χ0n) is 25.3. The van der Waals surface area contributed by atoms with Crippen LogP contribution in [0.25, 0.3) is 11.1 Å². The highest BCUT2D eigenvalue weighted by Gasteiger charge is 2.36. The van der Waals surface area contributed by atoms with Gasteiger partial charge in [0.1, 0.15) is 23.9 Å². The molecule has 0 aromatic heterocycles. The van der Waals surface area contributed by atoms with Crippen molar-refractivity contribution in [3.05, 3.63) is 83.2 Å². The fourth-order valence-electron chi connectivity index (χ4n) is 6.14. The molecule has 0 N–H and O–H groups in total. The maximum absolute atomic E-state index is 15.2. The number of methoxy groups -OCH3 is 1. The van der Waals surface area contributed by atoms with Gasteiger partial charge in [-0.1, -0.05) is 51.0 Å². The first-order chi connectivity index (χ1) is 20.3. The lowest BCUT2D eigenvalue weighted by Gasteiger charge is -2.39. The van der Waals surface area contributed by atoms with Gasteiger partial charge in [-0.15, -0.1) is 0 Å². The molecule has 6 heteroatoms. The van der Waals surface area contributed by atoms with Gasteiger partial charge in [-0.25, -0.2) is 4.39 Å². The molecule has 1 aliphatic carbocycles. The Bertz CT molecular complexity index is 1380. The van der Waals surface area contributed by atoms with E-state index in [0.29, 0.717) is 43.5 Å². The van der Waals surface area contributed by atoms with E-state index in [0.717, 1.165) is 47.3 Å². The molecule has 0 amide bonds. The van der Waals surface area contributed by atoms with E-state index >= 15 is 4.39 Å². The van der Waals surface area contributed by atoms with E-state index in [2.05, 4.69) is 32.0 Å². The van der Waals surface area contributed by atoms with Gasteiger partial charge in [-0.3, -0.25) is 4.79 Å². The monoisotopic (exact) mass is 574 g/mol. The zero-order valence-corrected chi connectivity index (χ0v) is 25.3. The summed E-state index contributed by atoms with van der Waals surface area (Å²) in [6.07, 6.45) is 5.69. The van der Waals surface area contributed by atoms with Crippen LogP contribution in [-0.4, -0.2) is 26.3 Å². The summed E-state index contributed by atoms with van der Waals surface area (Å²) in [5, 5.41) is 0. The van der Waals surface area contributed by atoms with Gasteiger partial charge in [0, 0.05) is 12.2 Å². The molecule has 2 atom stereocenters. The van der Waals surface area contributed by atoms with Gasteiger partial charge in [0.05, 0.1) is 26.2 Å². The number of esters is 1. The van der Waals surface area contributed by atoms with Crippen molar-refractivity contribution in [3.63, 3.8) is 0 Å². The molecular weight excluding hydrogens is 531 g/mol. The molecular formula is C36H43FO5. The molecule has 1 unspecified atom stereocenters. The minimum atomic E-state index is -0.296. The fraction of sp³-hybridized carbons (Fsp3) is 0.472. The van der Waals surface area contributed by atoms with Crippen LogP contribution < -0.4 is 9.47 Å². The van der Waals surface area contributed by atoms with Crippen LogP contribution in [0.5, 0.6) is 11.5 Å². The topological polar surface area (TPSA) is 54.0 Å². The first-order valence-corrected chi connectivity index (χ1v) is 15.2. The normalized spacial score (nSPS) is 18.7. The summed E-state index contributed by atoms with van der Waals surface area (Å²) in [7, 11) is 1.59. The van der Waals surface area contributed by atoms with E-state index in [4.69, 9.17) is 18.9 Å². The van der Waals surface area contributed by atoms with E-state index in [9.17, 15) is 4.79 Å². The van der Waals surface area contributed by atoms with Crippen LogP contribution >= 0.6 is 0 Å². The minimum Gasteiger partial charge on any atom is -0.497 e. The maximum atomic E-state index is 15.2. The van der Waals surface area contributed by atoms with E-state index in [-0.39, 0.29) is 29.2 Å². The third-order valence-electron chi connectivity index (χ3n) is 8.59. The van der Waals surface area contributed by atoms with E-state index < -0.39 is 0 Å². The lowest BCUT2D eigenvalue weighted by Crippen LogP contribution is -2.30. The van der Waals surface area contributed by atoms with Crippen molar-refractivity contribution in [1.29, 1.82) is 0 Å². The van der Waals surface area contributed by atoms with Crippen molar-refractivity contribution in [3.8, 4) is 22.6 Å². The molecule has 0 spiro atoms. The highest BCUT2D eigenvalue weighted by atomic mass is 19.1. The Kier molecular flexibility index (Phi) is 9.52. The number of hydrogen-bond donors (Lipinski definition) is 0. The van der Waals surface area contributed by atoms with Crippen LogP contribution in [0.2, 0.25) is 0 Å². The van der Waals surface area contributed by atoms with Crippen LogP contribution in [-0.2, 0) is 20.9 Å². The summed E-state index contributed by atoms with van der Waals surface area (Å²) in [4.78, 5) is 12.3. The summed E-state index contributed by atoms with van der Waals surface area (Å²) in [5.41, 5.74) is 4.24. The minimum absolute atomic E-state index is 0.106. The van der Waals surface area contributed by atoms with E-state index in [1.165, 1.54) is 18.9 Å².